The van der Waals surface area contributed by atoms with E-state index in [9.17, 15) is 0 Å². The van der Waals surface area contributed by atoms with Crippen LogP contribution in [0.4, 0.5) is 11.4 Å². The quantitative estimate of drug-likeness (QED) is 0.671. The van der Waals surface area contributed by atoms with Gasteiger partial charge in [-0.05, 0) is 36.4 Å². The van der Waals surface area contributed by atoms with Crippen molar-refractivity contribution in [1.29, 1.82) is 0 Å². The molecular formula is C20H24Cl4N4. The number of hydrogen-bond donors (Lipinski definition) is 2. The topological polar surface area (TPSA) is 30.5 Å². The highest BCUT2D eigenvalue weighted by atomic mass is 35.5. The summed E-state index contributed by atoms with van der Waals surface area (Å²) < 4.78 is 0. The minimum Gasteiger partial charge on any atom is -0.369 e. The Bertz CT molecular complexity index is 709. The van der Waals surface area contributed by atoms with Crippen molar-refractivity contribution in [1.82, 2.24) is 10.6 Å². The van der Waals surface area contributed by atoms with Gasteiger partial charge in [-0.25, -0.2) is 0 Å². The van der Waals surface area contributed by atoms with Gasteiger partial charge in [0, 0.05) is 63.7 Å². The van der Waals surface area contributed by atoms with Gasteiger partial charge in [0.1, 0.15) is 0 Å². The first kappa shape index (κ1) is 21.8. The van der Waals surface area contributed by atoms with Crippen LogP contribution in [0.15, 0.2) is 36.4 Å². The van der Waals surface area contributed by atoms with Crippen molar-refractivity contribution >= 4 is 57.8 Å². The van der Waals surface area contributed by atoms with Gasteiger partial charge in [0.25, 0.3) is 0 Å². The van der Waals surface area contributed by atoms with E-state index in [1.165, 1.54) is 0 Å². The molecule has 0 atom stereocenters. The Balaban J connectivity index is 0.000000161. The molecule has 2 aliphatic heterocycles. The molecule has 152 valence electrons. The fraction of sp³-hybridized carbons (Fsp3) is 0.400. The van der Waals surface area contributed by atoms with Gasteiger partial charge >= 0.3 is 0 Å². The molecular weight excluding hydrogens is 438 g/mol. The van der Waals surface area contributed by atoms with Gasteiger partial charge in [0.2, 0.25) is 0 Å². The van der Waals surface area contributed by atoms with Crippen LogP contribution in [0.2, 0.25) is 20.1 Å². The van der Waals surface area contributed by atoms with E-state index < -0.39 is 0 Å². The summed E-state index contributed by atoms with van der Waals surface area (Å²) in [5, 5.41) is 9.11. The van der Waals surface area contributed by atoms with Crippen LogP contribution in [-0.2, 0) is 0 Å². The predicted octanol–water partition coefficient (Wildman–Crippen LogP) is 4.81. The lowest BCUT2D eigenvalue weighted by Gasteiger charge is -2.29. The number of rotatable bonds is 2. The number of nitrogens with one attached hydrogen (secondary N) is 2. The zero-order chi connectivity index (χ0) is 19.9. The van der Waals surface area contributed by atoms with E-state index in [4.69, 9.17) is 46.4 Å². The van der Waals surface area contributed by atoms with E-state index in [-0.39, 0.29) is 0 Å². The normalized spacial score (nSPS) is 17.1. The van der Waals surface area contributed by atoms with E-state index in [2.05, 4.69) is 20.4 Å². The highest BCUT2D eigenvalue weighted by Gasteiger charge is 2.12. The third kappa shape index (κ3) is 6.06. The number of piperazine rings is 2. The van der Waals surface area contributed by atoms with Crippen molar-refractivity contribution in [2.24, 2.45) is 0 Å². The lowest BCUT2D eigenvalue weighted by atomic mass is 10.2. The molecule has 2 heterocycles. The van der Waals surface area contributed by atoms with Crippen molar-refractivity contribution in [3.8, 4) is 0 Å². The predicted molar refractivity (Wildman–Crippen MR) is 123 cm³/mol. The van der Waals surface area contributed by atoms with Crippen molar-refractivity contribution in [2.45, 2.75) is 0 Å². The standard InChI is InChI=1S/2C10H12Cl2N2/c2*11-9-2-1-8(7-10(9)12)14-5-3-13-4-6-14/h2*1-2,7,13H,3-6H2. The maximum atomic E-state index is 5.96. The maximum Gasteiger partial charge on any atom is 0.0612 e. The molecule has 8 heteroatoms. The van der Waals surface area contributed by atoms with E-state index in [0.717, 1.165) is 63.7 Å². The number of halogens is 4. The Kier molecular flexibility index (Phi) is 8.39. The van der Waals surface area contributed by atoms with Gasteiger partial charge in [-0.2, -0.15) is 0 Å². The van der Waals surface area contributed by atoms with Crippen molar-refractivity contribution in [2.75, 3.05) is 62.2 Å². The minimum atomic E-state index is 0.616. The maximum absolute atomic E-state index is 5.96. The van der Waals surface area contributed by atoms with Gasteiger partial charge in [-0.15, -0.1) is 0 Å². The SMILES string of the molecule is Clc1ccc(N2CCNCC2)cc1Cl.Clc1ccc(N2CCNCC2)cc1Cl. The average Bonchev–Trinajstić information content (AvgIpc) is 2.74. The van der Waals surface area contributed by atoms with Crippen LogP contribution in [0.25, 0.3) is 0 Å². The van der Waals surface area contributed by atoms with Crippen LogP contribution in [0.3, 0.4) is 0 Å². The Morgan fingerprint density at radius 2 is 0.893 bits per heavy atom. The summed E-state index contributed by atoms with van der Waals surface area (Å²) in [6, 6.07) is 11.6. The molecule has 0 radical (unpaired) electrons. The zero-order valence-electron chi connectivity index (χ0n) is 15.5. The highest BCUT2D eigenvalue weighted by Crippen LogP contribution is 2.28. The Morgan fingerprint density at radius 3 is 1.21 bits per heavy atom. The second-order valence-electron chi connectivity index (χ2n) is 6.67. The molecule has 0 spiro atoms. The molecule has 0 amide bonds. The van der Waals surface area contributed by atoms with Crippen molar-refractivity contribution < 1.29 is 0 Å². The zero-order valence-corrected chi connectivity index (χ0v) is 18.6. The molecule has 0 aromatic heterocycles. The largest absolute Gasteiger partial charge is 0.369 e. The van der Waals surface area contributed by atoms with Crippen LogP contribution in [-0.4, -0.2) is 52.4 Å². The summed E-state index contributed by atoms with van der Waals surface area (Å²) in [5.74, 6) is 0. The van der Waals surface area contributed by atoms with Gasteiger partial charge in [-0.3, -0.25) is 0 Å². The molecule has 28 heavy (non-hydrogen) atoms. The molecule has 2 fully saturated rings. The summed E-state index contributed by atoms with van der Waals surface area (Å²) in [6.45, 7) is 8.22. The molecule has 4 nitrogen and oxygen atoms in total. The molecule has 2 aromatic carbocycles. The lowest BCUT2D eigenvalue weighted by Crippen LogP contribution is -2.43. The number of anilines is 2. The van der Waals surface area contributed by atoms with Crippen LogP contribution in [0.5, 0.6) is 0 Å². The summed E-state index contributed by atoms with van der Waals surface area (Å²) in [6.07, 6.45) is 0. The van der Waals surface area contributed by atoms with Crippen LogP contribution < -0.4 is 20.4 Å². The fourth-order valence-electron chi connectivity index (χ4n) is 3.21. The molecule has 2 aliphatic rings. The Morgan fingerprint density at radius 1 is 0.536 bits per heavy atom. The molecule has 4 rings (SSSR count). The summed E-state index contributed by atoms with van der Waals surface area (Å²) >= 11 is 23.6. The Labute approximate surface area is 186 Å². The Hall–Kier alpha value is -0.880. The van der Waals surface area contributed by atoms with E-state index in [0.29, 0.717) is 20.1 Å². The molecule has 2 aromatic rings. The van der Waals surface area contributed by atoms with Gasteiger partial charge in [0.15, 0.2) is 0 Å². The molecule has 0 aliphatic carbocycles. The second-order valence-corrected chi connectivity index (χ2v) is 8.30. The summed E-state index contributed by atoms with van der Waals surface area (Å²) in [4.78, 5) is 4.61. The monoisotopic (exact) mass is 460 g/mol. The first-order valence-electron chi connectivity index (χ1n) is 9.36. The van der Waals surface area contributed by atoms with Gasteiger partial charge < -0.3 is 20.4 Å². The van der Waals surface area contributed by atoms with Crippen LogP contribution in [0, 0.1) is 0 Å². The van der Waals surface area contributed by atoms with Gasteiger partial charge in [0.05, 0.1) is 20.1 Å². The second kappa shape index (κ2) is 10.8. The summed E-state index contributed by atoms with van der Waals surface area (Å²) in [7, 11) is 0. The lowest BCUT2D eigenvalue weighted by molar-refractivity contribution is 0.589. The van der Waals surface area contributed by atoms with E-state index >= 15 is 0 Å². The third-order valence-corrected chi connectivity index (χ3v) is 6.25. The smallest absolute Gasteiger partial charge is 0.0612 e. The van der Waals surface area contributed by atoms with Gasteiger partial charge in [-0.1, -0.05) is 46.4 Å². The van der Waals surface area contributed by atoms with Crippen LogP contribution >= 0.6 is 46.4 Å². The first-order valence-corrected chi connectivity index (χ1v) is 10.9. The van der Waals surface area contributed by atoms with E-state index in [1.807, 2.05) is 36.4 Å². The number of nitrogens with zero attached hydrogens (tertiary/aromatic N) is 2. The molecule has 0 unspecified atom stereocenters. The van der Waals surface area contributed by atoms with Crippen LogP contribution in [0.1, 0.15) is 0 Å². The average molecular weight is 462 g/mol. The first-order chi connectivity index (χ1) is 13.5. The molecule has 0 saturated carbocycles. The van der Waals surface area contributed by atoms with Crippen molar-refractivity contribution in [3.63, 3.8) is 0 Å². The molecule has 2 saturated heterocycles. The molecule has 0 bridgehead atoms. The fourth-order valence-corrected chi connectivity index (χ4v) is 3.79. The molecule has 2 N–H and O–H groups in total. The third-order valence-electron chi connectivity index (χ3n) is 4.77. The number of benzene rings is 2. The summed E-state index contributed by atoms with van der Waals surface area (Å²) in [5.41, 5.74) is 2.31. The number of hydrogen-bond acceptors (Lipinski definition) is 4. The van der Waals surface area contributed by atoms with Crippen molar-refractivity contribution in [3.05, 3.63) is 56.5 Å². The van der Waals surface area contributed by atoms with E-state index in [1.54, 1.807) is 0 Å². The minimum absolute atomic E-state index is 0.616. The highest BCUT2D eigenvalue weighted by molar-refractivity contribution is 6.42.